The molecule has 0 atom stereocenters. The van der Waals surface area contributed by atoms with Crippen molar-refractivity contribution < 1.29 is 18.0 Å². The summed E-state index contributed by atoms with van der Waals surface area (Å²) in [7, 11) is 2.00. The number of aryl methyl sites for hydroxylation is 2. The molecule has 0 radical (unpaired) electrons. The highest BCUT2D eigenvalue weighted by atomic mass is 35.5. The van der Waals surface area contributed by atoms with Gasteiger partial charge in [-0.2, -0.15) is 13.9 Å². The maximum absolute atomic E-state index is 13.2. The molecule has 1 aliphatic rings. The third-order valence-electron chi connectivity index (χ3n) is 6.05. The van der Waals surface area contributed by atoms with Gasteiger partial charge in [-0.3, -0.25) is 9.48 Å². The fraction of sp³-hybridized carbons (Fsp3) is 0.360. The fourth-order valence-corrected chi connectivity index (χ4v) is 4.35. The monoisotopic (exact) mass is 488 g/mol. The van der Waals surface area contributed by atoms with Gasteiger partial charge < -0.3 is 15.1 Å². The SMILES string of the molecule is Cn1ncc2cc(CCCN3CCCC3)ccc21.NC(=O)C(F)(F)c1cc2cc(Cl)ccc2o1. The molecule has 3 heterocycles. The molecule has 2 aromatic carbocycles. The van der Waals surface area contributed by atoms with Gasteiger partial charge in [0, 0.05) is 22.8 Å². The molecule has 180 valence electrons. The van der Waals surface area contributed by atoms with Crippen molar-refractivity contribution in [2.45, 2.75) is 31.6 Å². The van der Waals surface area contributed by atoms with E-state index >= 15 is 0 Å². The number of furan rings is 1. The van der Waals surface area contributed by atoms with Gasteiger partial charge in [-0.1, -0.05) is 17.7 Å². The first-order chi connectivity index (χ1) is 16.2. The minimum Gasteiger partial charge on any atom is -0.454 e. The zero-order valence-corrected chi connectivity index (χ0v) is 19.7. The van der Waals surface area contributed by atoms with Crippen molar-refractivity contribution in [2.24, 2.45) is 12.8 Å². The third kappa shape index (κ3) is 5.39. The second-order valence-corrected chi connectivity index (χ2v) is 8.98. The van der Waals surface area contributed by atoms with Gasteiger partial charge in [-0.15, -0.1) is 0 Å². The van der Waals surface area contributed by atoms with E-state index in [0.29, 0.717) is 10.4 Å². The summed E-state index contributed by atoms with van der Waals surface area (Å²) in [5, 5.41) is 6.33. The number of alkyl halides is 2. The average molecular weight is 489 g/mol. The maximum atomic E-state index is 13.2. The van der Waals surface area contributed by atoms with E-state index in [2.05, 4.69) is 33.9 Å². The van der Waals surface area contributed by atoms with Gasteiger partial charge >= 0.3 is 5.92 Å². The molecular formula is C25H27ClF2N4O2. The molecule has 0 saturated carbocycles. The average Bonchev–Trinajstić information content (AvgIpc) is 3.54. The lowest BCUT2D eigenvalue weighted by Gasteiger charge is -2.13. The van der Waals surface area contributed by atoms with Crippen molar-refractivity contribution in [3.8, 4) is 0 Å². The summed E-state index contributed by atoms with van der Waals surface area (Å²) in [6.07, 6.45) is 7.19. The second-order valence-electron chi connectivity index (χ2n) is 8.55. The standard InChI is InChI=1S/C15H21N3.C10H6ClF2NO2/c1-17-15-7-6-13(11-14(15)12-16-17)5-4-10-18-8-2-3-9-18;11-6-1-2-7-5(3-6)4-8(16-7)10(12,13)9(14)15/h6-7,11-12H,2-5,8-10H2,1H3;1-4H,(H2,14,15). The van der Waals surface area contributed by atoms with Gasteiger partial charge in [0.1, 0.15) is 5.58 Å². The molecule has 4 aromatic rings. The number of aromatic nitrogens is 2. The summed E-state index contributed by atoms with van der Waals surface area (Å²) in [5.41, 5.74) is 7.46. The van der Waals surface area contributed by atoms with Crippen molar-refractivity contribution in [2.75, 3.05) is 19.6 Å². The first-order valence-electron chi connectivity index (χ1n) is 11.2. The van der Waals surface area contributed by atoms with Crippen LogP contribution in [0.4, 0.5) is 8.78 Å². The molecule has 6 nitrogen and oxygen atoms in total. The van der Waals surface area contributed by atoms with E-state index in [4.69, 9.17) is 16.0 Å². The maximum Gasteiger partial charge on any atom is 0.380 e. The number of amides is 1. The minimum atomic E-state index is -3.81. The number of rotatable bonds is 6. The Labute approximate surface area is 201 Å². The van der Waals surface area contributed by atoms with Crippen LogP contribution in [-0.2, 0) is 24.2 Å². The van der Waals surface area contributed by atoms with E-state index in [0.717, 1.165) is 6.07 Å². The predicted octanol–water partition coefficient (Wildman–Crippen LogP) is 5.27. The van der Waals surface area contributed by atoms with Crippen molar-refractivity contribution in [3.05, 3.63) is 65.0 Å². The van der Waals surface area contributed by atoms with E-state index in [-0.39, 0.29) is 5.58 Å². The van der Waals surface area contributed by atoms with Crippen molar-refractivity contribution >= 4 is 39.4 Å². The topological polar surface area (TPSA) is 77.3 Å². The van der Waals surface area contributed by atoms with E-state index < -0.39 is 17.6 Å². The van der Waals surface area contributed by atoms with Gasteiger partial charge in [0.2, 0.25) is 0 Å². The van der Waals surface area contributed by atoms with Crippen LogP contribution in [0, 0.1) is 0 Å². The molecule has 1 aliphatic heterocycles. The first kappa shape index (κ1) is 24.2. The number of benzene rings is 2. The van der Waals surface area contributed by atoms with Crippen LogP contribution in [0.1, 0.15) is 30.6 Å². The van der Waals surface area contributed by atoms with E-state index in [1.165, 1.54) is 80.0 Å². The Morgan fingerprint density at radius 2 is 1.91 bits per heavy atom. The number of likely N-dealkylation sites (tertiary alicyclic amines) is 1. The Morgan fingerprint density at radius 1 is 1.15 bits per heavy atom. The molecule has 34 heavy (non-hydrogen) atoms. The number of hydrogen-bond donors (Lipinski definition) is 1. The van der Waals surface area contributed by atoms with Gasteiger partial charge in [0.05, 0.1) is 11.7 Å². The van der Waals surface area contributed by atoms with Crippen LogP contribution < -0.4 is 5.73 Å². The number of halogens is 3. The van der Waals surface area contributed by atoms with Crippen LogP contribution in [0.5, 0.6) is 0 Å². The summed E-state index contributed by atoms with van der Waals surface area (Å²) >= 11 is 5.68. The zero-order chi connectivity index (χ0) is 24.3. The summed E-state index contributed by atoms with van der Waals surface area (Å²) < 4.78 is 33.2. The highest BCUT2D eigenvalue weighted by Gasteiger charge is 2.42. The first-order valence-corrected chi connectivity index (χ1v) is 11.6. The van der Waals surface area contributed by atoms with E-state index in [9.17, 15) is 13.6 Å². The predicted molar refractivity (Wildman–Crippen MR) is 129 cm³/mol. The number of nitrogens with zero attached hydrogens (tertiary/aromatic N) is 3. The molecule has 1 amide bonds. The number of nitrogens with two attached hydrogens (primary N) is 1. The third-order valence-corrected chi connectivity index (χ3v) is 6.28. The van der Waals surface area contributed by atoms with E-state index in [1.54, 1.807) is 0 Å². The lowest BCUT2D eigenvalue weighted by molar-refractivity contribution is -0.145. The number of hydrogen-bond acceptors (Lipinski definition) is 4. The van der Waals surface area contributed by atoms with Crippen LogP contribution in [0.2, 0.25) is 5.02 Å². The van der Waals surface area contributed by atoms with Crippen LogP contribution in [0.3, 0.4) is 0 Å². The molecule has 9 heteroatoms. The fourth-order valence-electron chi connectivity index (χ4n) is 4.17. The van der Waals surface area contributed by atoms with Gasteiger partial charge in [-0.25, -0.2) is 0 Å². The van der Waals surface area contributed by atoms with Gasteiger partial charge in [-0.05, 0) is 87.3 Å². The summed E-state index contributed by atoms with van der Waals surface area (Å²) in [5.74, 6) is -6.35. The molecule has 2 aromatic heterocycles. The normalized spacial score (nSPS) is 14.5. The Hall–Kier alpha value is -2.97. The van der Waals surface area contributed by atoms with Gasteiger partial charge in [0.15, 0.2) is 5.76 Å². The Morgan fingerprint density at radius 3 is 2.65 bits per heavy atom. The molecular weight excluding hydrogens is 462 g/mol. The molecule has 0 unspecified atom stereocenters. The summed E-state index contributed by atoms with van der Waals surface area (Å²) in [6, 6.07) is 12.2. The van der Waals surface area contributed by atoms with Crippen LogP contribution in [-0.4, -0.2) is 40.2 Å². The highest BCUT2D eigenvalue weighted by molar-refractivity contribution is 6.31. The molecule has 5 rings (SSSR count). The second kappa shape index (κ2) is 10.1. The zero-order valence-electron chi connectivity index (χ0n) is 18.9. The Bertz CT molecular complexity index is 1290. The summed E-state index contributed by atoms with van der Waals surface area (Å²) in [6.45, 7) is 3.87. The van der Waals surface area contributed by atoms with Crippen molar-refractivity contribution in [1.29, 1.82) is 0 Å². The van der Waals surface area contributed by atoms with Crippen LogP contribution in [0.25, 0.3) is 21.9 Å². The quantitative estimate of drug-likeness (QED) is 0.401. The smallest absolute Gasteiger partial charge is 0.380 e. The molecule has 1 fully saturated rings. The number of primary amides is 1. The largest absolute Gasteiger partial charge is 0.454 e. The lowest BCUT2D eigenvalue weighted by Crippen LogP contribution is -2.32. The number of carbonyl (C=O) groups excluding carboxylic acids is 1. The minimum absolute atomic E-state index is 0.223. The molecule has 0 spiro atoms. The van der Waals surface area contributed by atoms with Crippen LogP contribution in [0.15, 0.2) is 53.1 Å². The Balaban J connectivity index is 0.000000162. The molecule has 2 N–H and O–H groups in total. The molecule has 1 saturated heterocycles. The lowest BCUT2D eigenvalue weighted by atomic mass is 10.1. The number of fused-ring (bicyclic) bond motifs is 2. The highest BCUT2D eigenvalue weighted by Crippen LogP contribution is 2.33. The Kier molecular flexibility index (Phi) is 7.19. The van der Waals surface area contributed by atoms with Crippen LogP contribution >= 0.6 is 11.6 Å². The molecule has 0 aliphatic carbocycles. The van der Waals surface area contributed by atoms with Gasteiger partial charge in [0.25, 0.3) is 5.91 Å². The van der Waals surface area contributed by atoms with Crippen molar-refractivity contribution in [3.63, 3.8) is 0 Å². The van der Waals surface area contributed by atoms with Crippen molar-refractivity contribution in [1.82, 2.24) is 14.7 Å². The molecule has 0 bridgehead atoms. The summed E-state index contributed by atoms with van der Waals surface area (Å²) in [4.78, 5) is 13.1. The number of carbonyl (C=O) groups is 1. The van der Waals surface area contributed by atoms with E-state index in [1.807, 2.05) is 17.9 Å².